The number of hydrogen-bond donors (Lipinski definition) is 0. The van der Waals surface area contributed by atoms with Crippen LogP contribution >= 0.6 is 0 Å². The lowest BCUT2D eigenvalue weighted by atomic mass is 9.61. The largest absolute Gasteiger partial charge is 0.410 e. The number of rotatable bonds is 8. The summed E-state index contributed by atoms with van der Waals surface area (Å²) < 4.78 is 38.2. The molecule has 3 aliphatic carbocycles. The average molecular weight is 613 g/mol. The van der Waals surface area contributed by atoms with Crippen LogP contribution in [-0.2, 0) is 18.7 Å². The molecule has 0 heterocycles. The van der Waals surface area contributed by atoms with E-state index in [1.54, 1.807) is 17.7 Å². The number of benzene rings is 1. The molecule has 0 unspecified atom stereocenters. The van der Waals surface area contributed by atoms with E-state index in [2.05, 4.69) is 73.4 Å². The van der Waals surface area contributed by atoms with Crippen molar-refractivity contribution in [1.29, 1.82) is 0 Å². The molecule has 0 aromatic heterocycles. The second-order valence-electron chi connectivity index (χ2n) is 15.4. The Morgan fingerprint density at radius 1 is 1.12 bits per heavy atom. The standard InChI is InChI=1S/C36H56O4SSi/c1-25-13-17-31(18-14-25)41(37,38)39-24-27(3)32-19-20-33-30(12-11-21-36(32,33)8)16-15-29-22-26(2)28(4)34(23-29)40-42(9,10)35(5,6)7/h13-18,26-27,32-34H,4,11-12,19-24H2,1-3,5-10H3/b29-15-,30-16+/t26-,27+,32-,33+,34-,36-/m1/s1. The van der Waals surface area contributed by atoms with Crippen LogP contribution in [0.1, 0.15) is 92.1 Å². The van der Waals surface area contributed by atoms with Gasteiger partial charge in [0.25, 0.3) is 10.1 Å². The van der Waals surface area contributed by atoms with Gasteiger partial charge in [0.15, 0.2) is 8.32 Å². The fourth-order valence-corrected chi connectivity index (χ4v) is 9.90. The number of fused-ring (bicyclic) bond motifs is 1. The number of hydrogen-bond acceptors (Lipinski definition) is 4. The summed E-state index contributed by atoms with van der Waals surface area (Å²) in [5.74, 6) is 1.62. The van der Waals surface area contributed by atoms with Gasteiger partial charge in [0, 0.05) is 0 Å². The highest BCUT2D eigenvalue weighted by Crippen LogP contribution is 2.59. The molecule has 0 amide bonds. The summed E-state index contributed by atoms with van der Waals surface area (Å²) in [5, 5.41) is 0.179. The molecule has 0 N–H and O–H groups in total. The quantitative estimate of drug-likeness (QED) is 0.167. The minimum atomic E-state index is -3.75. The number of aryl methyl sites for hydroxylation is 1. The van der Waals surface area contributed by atoms with Gasteiger partial charge in [-0.3, -0.25) is 4.18 Å². The van der Waals surface area contributed by atoms with Crippen LogP contribution in [0.15, 0.2) is 64.6 Å². The molecule has 4 rings (SSSR count). The van der Waals surface area contributed by atoms with Crippen molar-refractivity contribution < 1.29 is 17.0 Å². The third-order valence-electron chi connectivity index (χ3n) is 11.4. The van der Waals surface area contributed by atoms with Gasteiger partial charge < -0.3 is 4.43 Å². The molecule has 234 valence electrons. The van der Waals surface area contributed by atoms with E-state index in [1.807, 2.05) is 19.1 Å². The average Bonchev–Trinajstić information content (AvgIpc) is 3.26. The predicted molar refractivity (Wildman–Crippen MR) is 177 cm³/mol. The maximum absolute atomic E-state index is 12.9. The van der Waals surface area contributed by atoms with Gasteiger partial charge in [0.2, 0.25) is 0 Å². The van der Waals surface area contributed by atoms with Crippen molar-refractivity contribution >= 4 is 18.4 Å². The maximum atomic E-state index is 12.9. The van der Waals surface area contributed by atoms with E-state index in [1.165, 1.54) is 30.4 Å². The third-order valence-corrected chi connectivity index (χ3v) is 17.1. The van der Waals surface area contributed by atoms with Gasteiger partial charge in [-0.1, -0.05) is 89.1 Å². The molecule has 1 aromatic rings. The van der Waals surface area contributed by atoms with Crippen LogP contribution in [0.5, 0.6) is 0 Å². The van der Waals surface area contributed by atoms with Crippen LogP contribution in [-0.4, -0.2) is 29.4 Å². The summed E-state index contributed by atoms with van der Waals surface area (Å²) in [4.78, 5) is 0.240. The molecular formula is C36H56O4SSi. The second kappa shape index (κ2) is 12.5. The Hall–Kier alpha value is -1.47. The molecule has 3 fully saturated rings. The van der Waals surface area contributed by atoms with Crippen molar-refractivity contribution in [2.75, 3.05) is 6.61 Å². The van der Waals surface area contributed by atoms with E-state index in [0.717, 1.165) is 31.2 Å². The van der Waals surface area contributed by atoms with Crippen LogP contribution in [0.2, 0.25) is 18.1 Å². The van der Waals surface area contributed by atoms with Crippen LogP contribution in [0.3, 0.4) is 0 Å². The summed E-state index contributed by atoms with van der Waals surface area (Å²) in [6.07, 6.45) is 12.9. The first-order valence-corrected chi connectivity index (χ1v) is 20.5. The minimum absolute atomic E-state index is 0.115. The second-order valence-corrected chi connectivity index (χ2v) is 21.8. The fraction of sp³-hybridized carbons (Fsp3) is 0.667. The number of allylic oxidation sites excluding steroid dienone is 3. The summed E-state index contributed by atoms with van der Waals surface area (Å²) in [6, 6.07) is 6.91. The first-order chi connectivity index (χ1) is 19.4. The smallest absolute Gasteiger partial charge is 0.296 e. The van der Waals surface area contributed by atoms with E-state index < -0.39 is 18.4 Å². The molecule has 6 heteroatoms. The summed E-state index contributed by atoms with van der Waals surface area (Å²) in [7, 11) is -5.64. The third kappa shape index (κ3) is 7.08. The molecule has 0 saturated heterocycles. The van der Waals surface area contributed by atoms with Gasteiger partial charge in [-0.25, -0.2) is 0 Å². The Balaban J connectivity index is 1.45. The van der Waals surface area contributed by atoms with Crippen molar-refractivity contribution in [2.24, 2.45) is 29.1 Å². The summed E-state index contributed by atoms with van der Waals surface area (Å²) >= 11 is 0. The summed E-state index contributed by atoms with van der Waals surface area (Å²) in [5.41, 5.74) is 5.54. The Bertz CT molecular complexity index is 1300. The SMILES string of the molecule is C=C1[C@H](C)C/C(=C/C=C2\CCC[C@]3(C)[C@@H]([C@@H](C)COS(=O)(=O)c4ccc(C)cc4)CC[C@@H]23)C[C@H]1O[Si](C)(C)C(C)(C)C. The predicted octanol–water partition coefficient (Wildman–Crippen LogP) is 9.78. The zero-order chi connectivity index (χ0) is 31.1. The van der Waals surface area contributed by atoms with Gasteiger partial charge in [-0.2, -0.15) is 8.42 Å². The lowest BCUT2D eigenvalue weighted by molar-refractivity contribution is 0.0760. The normalized spacial score (nSPS) is 31.9. The molecule has 0 radical (unpaired) electrons. The van der Waals surface area contributed by atoms with Gasteiger partial charge in [-0.05, 0) is 117 Å². The van der Waals surface area contributed by atoms with Crippen LogP contribution < -0.4 is 0 Å². The van der Waals surface area contributed by atoms with Crippen LogP contribution in [0.25, 0.3) is 0 Å². The Morgan fingerprint density at radius 3 is 2.43 bits per heavy atom. The highest BCUT2D eigenvalue weighted by atomic mass is 32.2. The molecule has 4 nitrogen and oxygen atoms in total. The van der Waals surface area contributed by atoms with Crippen LogP contribution in [0, 0.1) is 36.0 Å². The molecule has 0 bridgehead atoms. The maximum Gasteiger partial charge on any atom is 0.296 e. The molecule has 0 aliphatic heterocycles. The van der Waals surface area contributed by atoms with E-state index >= 15 is 0 Å². The van der Waals surface area contributed by atoms with Gasteiger partial charge in [-0.15, -0.1) is 0 Å². The first kappa shape index (κ1) is 33.4. The molecule has 42 heavy (non-hydrogen) atoms. The van der Waals surface area contributed by atoms with E-state index in [4.69, 9.17) is 8.61 Å². The molecular weight excluding hydrogens is 557 g/mol. The molecule has 0 spiro atoms. The van der Waals surface area contributed by atoms with Crippen LogP contribution in [0.4, 0.5) is 0 Å². The lowest BCUT2D eigenvalue weighted by Gasteiger charge is -2.44. The minimum Gasteiger partial charge on any atom is -0.410 e. The molecule has 6 atom stereocenters. The zero-order valence-corrected chi connectivity index (χ0v) is 29.6. The van der Waals surface area contributed by atoms with Crippen molar-refractivity contribution in [3.8, 4) is 0 Å². The Labute approximate surface area is 258 Å². The van der Waals surface area contributed by atoms with Crippen molar-refractivity contribution in [2.45, 2.75) is 123 Å². The fourth-order valence-electron chi connectivity index (χ4n) is 7.61. The van der Waals surface area contributed by atoms with Gasteiger partial charge in [0.05, 0.1) is 17.6 Å². The lowest BCUT2D eigenvalue weighted by Crippen LogP contribution is -2.45. The monoisotopic (exact) mass is 612 g/mol. The van der Waals surface area contributed by atoms with Crippen molar-refractivity contribution in [3.05, 3.63) is 65.3 Å². The summed E-state index contributed by atoms with van der Waals surface area (Å²) in [6.45, 7) is 25.2. The molecule has 3 saturated carbocycles. The first-order valence-electron chi connectivity index (χ1n) is 16.2. The zero-order valence-electron chi connectivity index (χ0n) is 27.8. The van der Waals surface area contributed by atoms with E-state index in [9.17, 15) is 8.42 Å². The van der Waals surface area contributed by atoms with Crippen molar-refractivity contribution in [1.82, 2.24) is 0 Å². The van der Waals surface area contributed by atoms with E-state index in [0.29, 0.717) is 17.8 Å². The Kier molecular flexibility index (Phi) is 9.94. The highest BCUT2D eigenvalue weighted by Gasteiger charge is 2.51. The van der Waals surface area contributed by atoms with Gasteiger partial charge in [0.1, 0.15) is 0 Å². The van der Waals surface area contributed by atoms with E-state index in [-0.39, 0.29) is 34.0 Å². The highest BCUT2D eigenvalue weighted by molar-refractivity contribution is 7.86. The molecule has 3 aliphatic rings. The topological polar surface area (TPSA) is 52.6 Å². The molecule has 1 aromatic carbocycles. The van der Waals surface area contributed by atoms with Crippen molar-refractivity contribution in [3.63, 3.8) is 0 Å². The van der Waals surface area contributed by atoms with Gasteiger partial charge >= 0.3 is 0 Å². The Morgan fingerprint density at radius 2 is 1.79 bits per heavy atom.